The van der Waals surface area contributed by atoms with Gasteiger partial charge in [0.2, 0.25) is 5.91 Å². The molecule has 4 nitrogen and oxygen atoms in total. The fraction of sp³-hybridized carbons (Fsp3) is 0.800. The third kappa shape index (κ3) is 4.86. The van der Waals surface area contributed by atoms with E-state index in [1.165, 1.54) is 24.6 Å². The minimum absolute atomic E-state index is 0.121. The SMILES string of the molecule is CCSc1nnc(S[C@H](C)C(=O)N[C@@H]2CCC[C@H](C)[C@@H]2C)s1. The van der Waals surface area contributed by atoms with Crippen molar-refractivity contribution < 1.29 is 4.79 Å². The summed E-state index contributed by atoms with van der Waals surface area (Å²) in [7, 11) is 0. The van der Waals surface area contributed by atoms with Crippen molar-refractivity contribution in [2.24, 2.45) is 11.8 Å². The molecule has 1 heterocycles. The molecule has 1 aliphatic carbocycles. The van der Waals surface area contributed by atoms with E-state index in [1.807, 2.05) is 6.92 Å². The first kappa shape index (κ1) is 18.1. The number of carbonyl (C=O) groups is 1. The molecular formula is C15H25N3OS3. The van der Waals surface area contributed by atoms with Gasteiger partial charge in [0, 0.05) is 6.04 Å². The van der Waals surface area contributed by atoms with Crippen molar-refractivity contribution in [2.75, 3.05) is 5.75 Å². The third-order valence-corrected chi connectivity index (χ3v) is 7.46. The quantitative estimate of drug-likeness (QED) is 0.776. The lowest BCUT2D eigenvalue weighted by molar-refractivity contribution is -0.121. The summed E-state index contributed by atoms with van der Waals surface area (Å²) in [5.74, 6) is 2.37. The van der Waals surface area contributed by atoms with Crippen molar-refractivity contribution in [1.82, 2.24) is 15.5 Å². The Morgan fingerprint density at radius 3 is 2.82 bits per heavy atom. The number of hydrogen-bond acceptors (Lipinski definition) is 6. The van der Waals surface area contributed by atoms with Crippen LogP contribution in [0.15, 0.2) is 8.68 Å². The molecule has 1 amide bonds. The average molecular weight is 360 g/mol. The minimum Gasteiger partial charge on any atom is -0.352 e. The summed E-state index contributed by atoms with van der Waals surface area (Å²) in [5, 5.41) is 11.4. The first-order valence-electron chi connectivity index (χ1n) is 7.94. The van der Waals surface area contributed by atoms with E-state index in [4.69, 9.17) is 0 Å². The van der Waals surface area contributed by atoms with Gasteiger partial charge in [-0.15, -0.1) is 10.2 Å². The second kappa shape index (κ2) is 8.55. The van der Waals surface area contributed by atoms with Gasteiger partial charge in [-0.25, -0.2) is 0 Å². The molecule has 7 heteroatoms. The van der Waals surface area contributed by atoms with E-state index in [1.54, 1.807) is 23.1 Å². The molecule has 1 fully saturated rings. The number of amides is 1. The zero-order valence-electron chi connectivity index (χ0n) is 13.7. The molecule has 1 aliphatic rings. The van der Waals surface area contributed by atoms with Crippen LogP contribution in [-0.4, -0.2) is 33.1 Å². The van der Waals surface area contributed by atoms with Crippen LogP contribution in [0.5, 0.6) is 0 Å². The summed E-state index contributed by atoms with van der Waals surface area (Å²) in [6, 6.07) is 0.319. The van der Waals surface area contributed by atoms with Crippen molar-refractivity contribution >= 4 is 40.8 Å². The van der Waals surface area contributed by atoms with Crippen LogP contribution in [0.25, 0.3) is 0 Å². The number of carbonyl (C=O) groups excluding carboxylic acids is 1. The molecule has 1 aromatic rings. The van der Waals surface area contributed by atoms with Gasteiger partial charge in [-0.05, 0) is 30.9 Å². The van der Waals surface area contributed by atoms with Crippen LogP contribution in [0.2, 0.25) is 0 Å². The molecule has 1 aromatic heterocycles. The fourth-order valence-electron chi connectivity index (χ4n) is 2.72. The summed E-state index contributed by atoms with van der Waals surface area (Å²) < 4.78 is 1.86. The second-order valence-corrected chi connectivity index (χ2v) is 9.99. The number of aromatic nitrogens is 2. The average Bonchev–Trinajstić information content (AvgIpc) is 2.91. The van der Waals surface area contributed by atoms with Crippen molar-refractivity contribution in [3.05, 3.63) is 0 Å². The molecule has 0 bridgehead atoms. The van der Waals surface area contributed by atoms with Crippen molar-refractivity contribution in [1.29, 1.82) is 0 Å². The molecule has 124 valence electrons. The van der Waals surface area contributed by atoms with Gasteiger partial charge in [0.1, 0.15) is 0 Å². The van der Waals surface area contributed by atoms with Crippen molar-refractivity contribution in [3.63, 3.8) is 0 Å². The molecule has 0 saturated heterocycles. The van der Waals surface area contributed by atoms with Gasteiger partial charge in [-0.3, -0.25) is 4.79 Å². The first-order chi connectivity index (χ1) is 10.5. The van der Waals surface area contributed by atoms with Crippen molar-refractivity contribution in [2.45, 2.75) is 66.9 Å². The summed E-state index contributed by atoms with van der Waals surface area (Å²) in [6.45, 7) is 8.59. The van der Waals surface area contributed by atoms with E-state index in [0.717, 1.165) is 20.9 Å². The number of nitrogens with one attached hydrogen (secondary N) is 1. The maximum atomic E-state index is 12.4. The summed E-state index contributed by atoms with van der Waals surface area (Å²) in [4.78, 5) is 12.4. The van der Waals surface area contributed by atoms with Crippen LogP contribution in [0.3, 0.4) is 0 Å². The standard InChI is InChI=1S/C15H25N3OS3/c1-5-20-14-17-18-15(22-14)21-11(4)13(19)16-12-8-6-7-9(2)10(12)3/h9-12H,5-8H2,1-4H3,(H,16,19)/t9-,10-,11+,12+/m0/s1. The highest BCUT2D eigenvalue weighted by atomic mass is 32.2. The van der Waals surface area contributed by atoms with Crippen molar-refractivity contribution in [3.8, 4) is 0 Å². The minimum atomic E-state index is -0.128. The van der Waals surface area contributed by atoms with Gasteiger partial charge < -0.3 is 5.32 Å². The molecule has 0 spiro atoms. The lowest BCUT2D eigenvalue weighted by atomic mass is 9.78. The highest BCUT2D eigenvalue weighted by Crippen LogP contribution is 2.32. The molecule has 22 heavy (non-hydrogen) atoms. The Balaban J connectivity index is 1.85. The maximum absolute atomic E-state index is 12.4. The van der Waals surface area contributed by atoms with Crippen LogP contribution in [-0.2, 0) is 4.79 Å². The Kier molecular flexibility index (Phi) is 7.02. The normalized spacial score (nSPS) is 26.6. The Morgan fingerprint density at radius 1 is 1.36 bits per heavy atom. The molecule has 0 radical (unpaired) electrons. The molecular weight excluding hydrogens is 334 g/mol. The molecule has 2 rings (SSSR count). The molecule has 0 aromatic carbocycles. The third-order valence-electron chi connectivity index (χ3n) is 4.34. The Bertz CT molecular complexity index is 494. The van der Waals surface area contributed by atoms with Gasteiger partial charge in [0.25, 0.3) is 0 Å². The number of nitrogens with zero attached hydrogens (tertiary/aromatic N) is 2. The van der Waals surface area contributed by atoms with E-state index in [-0.39, 0.29) is 11.2 Å². The summed E-state index contributed by atoms with van der Waals surface area (Å²) in [6.07, 6.45) is 3.59. The van der Waals surface area contributed by atoms with Gasteiger partial charge >= 0.3 is 0 Å². The van der Waals surface area contributed by atoms with Crippen LogP contribution < -0.4 is 5.32 Å². The number of hydrogen-bond donors (Lipinski definition) is 1. The van der Waals surface area contributed by atoms with E-state index in [2.05, 4.69) is 36.3 Å². The molecule has 0 unspecified atom stereocenters. The van der Waals surface area contributed by atoms with E-state index in [0.29, 0.717) is 17.9 Å². The number of thioether (sulfide) groups is 2. The van der Waals surface area contributed by atoms with Crippen LogP contribution in [0, 0.1) is 11.8 Å². The molecule has 1 saturated carbocycles. The predicted octanol–water partition coefficient (Wildman–Crippen LogP) is 4.07. The van der Waals surface area contributed by atoms with E-state index >= 15 is 0 Å². The van der Waals surface area contributed by atoms with E-state index in [9.17, 15) is 4.79 Å². The molecule has 4 atom stereocenters. The molecule has 1 N–H and O–H groups in total. The Morgan fingerprint density at radius 2 is 2.09 bits per heavy atom. The zero-order chi connectivity index (χ0) is 16.1. The second-order valence-electron chi connectivity index (χ2n) is 5.91. The van der Waals surface area contributed by atoms with Crippen LogP contribution in [0.1, 0.15) is 47.0 Å². The number of rotatable bonds is 6. The largest absolute Gasteiger partial charge is 0.352 e. The van der Waals surface area contributed by atoms with Gasteiger partial charge in [0.05, 0.1) is 5.25 Å². The van der Waals surface area contributed by atoms with Crippen LogP contribution >= 0.6 is 34.9 Å². The Hall–Kier alpha value is -0.270. The van der Waals surface area contributed by atoms with Gasteiger partial charge in [-0.2, -0.15) is 0 Å². The highest BCUT2D eigenvalue weighted by Gasteiger charge is 2.29. The summed E-state index contributed by atoms with van der Waals surface area (Å²) in [5.41, 5.74) is 0. The smallest absolute Gasteiger partial charge is 0.233 e. The lowest BCUT2D eigenvalue weighted by Gasteiger charge is -2.35. The molecule has 0 aliphatic heterocycles. The zero-order valence-corrected chi connectivity index (χ0v) is 16.1. The highest BCUT2D eigenvalue weighted by molar-refractivity contribution is 8.03. The lowest BCUT2D eigenvalue weighted by Crippen LogP contribution is -2.46. The topological polar surface area (TPSA) is 54.9 Å². The first-order valence-corrected chi connectivity index (χ1v) is 10.6. The van der Waals surface area contributed by atoms with Crippen LogP contribution in [0.4, 0.5) is 0 Å². The maximum Gasteiger partial charge on any atom is 0.233 e. The Labute approximate surface area is 145 Å². The fourth-order valence-corrected chi connectivity index (χ4v) is 5.79. The monoisotopic (exact) mass is 359 g/mol. The summed E-state index contributed by atoms with van der Waals surface area (Å²) >= 11 is 4.77. The van der Waals surface area contributed by atoms with E-state index < -0.39 is 0 Å². The van der Waals surface area contributed by atoms with Gasteiger partial charge in [0.15, 0.2) is 8.68 Å². The van der Waals surface area contributed by atoms with Gasteiger partial charge in [-0.1, -0.05) is 68.5 Å². The predicted molar refractivity (Wildman–Crippen MR) is 95.7 cm³/mol.